The largest absolute Gasteiger partial charge is 0.462 e. The van der Waals surface area contributed by atoms with E-state index in [0.29, 0.717) is 0 Å². The molecule has 0 saturated heterocycles. The van der Waals surface area contributed by atoms with Crippen LogP contribution in [0.2, 0.25) is 0 Å². The first-order valence-corrected chi connectivity index (χ1v) is 4.45. The summed E-state index contributed by atoms with van der Waals surface area (Å²) in [5.74, 6) is -0.301. The molecule has 0 bridgehead atoms. The number of hydrogen-bond donors (Lipinski definition) is 0. The number of carbonyl (C=O) groups excluding carboxylic acids is 1. The minimum Gasteiger partial charge on any atom is -0.462 e. The van der Waals surface area contributed by atoms with Crippen LogP contribution in [-0.2, 0) is 9.53 Å². The van der Waals surface area contributed by atoms with E-state index in [0.717, 1.165) is 25.7 Å². The number of azide groups is 1. The summed E-state index contributed by atoms with van der Waals surface area (Å²) in [5, 5.41) is 3.62. The third-order valence-electron chi connectivity index (χ3n) is 2.18. The summed E-state index contributed by atoms with van der Waals surface area (Å²) in [4.78, 5) is 13.5. The topological polar surface area (TPSA) is 75.1 Å². The van der Waals surface area contributed by atoms with E-state index in [9.17, 15) is 4.79 Å². The Morgan fingerprint density at radius 2 is 2.23 bits per heavy atom. The van der Waals surface area contributed by atoms with Crippen molar-refractivity contribution in [3.63, 3.8) is 0 Å². The minimum atomic E-state index is -0.301. The Labute approximate surface area is 76.7 Å². The van der Waals surface area contributed by atoms with Crippen molar-refractivity contribution in [1.29, 1.82) is 0 Å². The Morgan fingerprint density at radius 3 is 2.85 bits per heavy atom. The molecule has 5 nitrogen and oxygen atoms in total. The fourth-order valence-electron chi connectivity index (χ4n) is 1.63. The second-order valence-corrected chi connectivity index (χ2v) is 3.20. The highest BCUT2D eigenvalue weighted by atomic mass is 16.5. The van der Waals surface area contributed by atoms with Crippen LogP contribution in [0.25, 0.3) is 10.4 Å². The maximum atomic E-state index is 10.7. The van der Waals surface area contributed by atoms with Crippen LogP contribution in [-0.4, -0.2) is 18.1 Å². The predicted molar refractivity (Wildman–Crippen MR) is 47.0 cm³/mol. The van der Waals surface area contributed by atoms with Crippen LogP contribution < -0.4 is 0 Å². The molecule has 0 aromatic rings. The Morgan fingerprint density at radius 1 is 1.54 bits per heavy atom. The van der Waals surface area contributed by atoms with Crippen LogP contribution >= 0.6 is 0 Å². The van der Waals surface area contributed by atoms with Crippen molar-refractivity contribution >= 4 is 5.97 Å². The number of hydrogen-bond acceptors (Lipinski definition) is 3. The van der Waals surface area contributed by atoms with Gasteiger partial charge < -0.3 is 4.74 Å². The zero-order valence-electron chi connectivity index (χ0n) is 7.64. The van der Waals surface area contributed by atoms with E-state index >= 15 is 0 Å². The predicted octanol–water partition coefficient (Wildman–Crippen LogP) is 2.17. The molecule has 0 spiro atoms. The third kappa shape index (κ3) is 2.95. The highest BCUT2D eigenvalue weighted by molar-refractivity contribution is 5.66. The Kier molecular flexibility index (Phi) is 3.58. The lowest BCUT2D eigenvalue weighted by atomic mass is 9.93. The molecule has 13 heavy (non-hydrogen) atoms. The summed E-state index contributed by atoms with van der Waals surface area (Å²) < 4.78 is 5.05. The summed E-state index contributed by atoms with van der Waals surface area (Å²) in [6.07, 6.45) is 3.50. The summed E-state index contributed by atoms with van der Waals surface area (Å²) >= 11 is 0. The zero-order valence-corrected chi connectivity index (χ0v) is 7.64. The monoisotopic (exact) mass is 183 g/mol. The molecule has 1 aliphatic carbocycles. The molecule has 1 saturated carbocycles. The van der Waals surface area contributed by atoms with Crippen LogP contribution in [0.1, 0.15) is 32.6 Å². The lowest BCUT2D eigenvalue weighted by molar-refractivity contribution is -0.148. The minimum absolute atomic E-state index is 0.164. The Balaban J connectivity index is 2.55. The molecule has 0 heterocycles. The molecule has 0 aromatic heterocycles. The maximum absolute atomic E-state index is 10.7. The number of nitrogens with zero attached hydrogens (tertiary/aromatic N) is 3. The van der Waals surface area contributed by atoms with Crippen molar-refractivity contribution in [3.05, 3.63) is 10.4 Å². The molecular formula is C8H13N3O2. The van der Waals surface area contributed by atoms with Crippen LogP contribution in [0.4, 0.5) is 0 Å². The van der Waals surface area contributed by atoms with E-state index in [2.05, 4.69) is 10.0 Å². The van der Waals surface area contributed by atoms with E-state index in [-0.39, 0.29) is 18.1 Å². The van der Waals surface area contributed by atoms with Crippen molar-refractivity contribution in [2.45, 2.75) is 44.8 Å². The average Bonchev–Trinajstić information content (AvgIpc) is 2.08. The van der Waals surface area contributed by atoms with E-state index < -0.39 is 0 Å². The van der Waals surface area contributed by atoms with Gasteiger partial charge in [0.1, 0.15) is 6.10 Å². The fraction of sp³-hybridized carbons (Fsp3) is 0.875. The molecule has 0 unspecified atom stereocenters. The van der Waals surface area contributed by atoms with Gasteiger partial charge in [-0.05, 0) is 24.8 Å². The molecule has 2 atom stereocenters. The highest BCUT2D eigenvalue weighted by Gasteiger charge is 2.26. The molecule has 1 aliphatic rings. The SMILES string of the molecule is CC(=O)O[C@H]1CCCC[C@@H]1N=[N+]=[N-]. The highest BCUT2D eigenvalue weighted by Crippen LogP contribution is 2.23. The van der Waals surface area contributed by atoms with E-state index in [1.54, 1.807) is 0 Å². The molecule has 72 valence electrons. The van der Waals surface area contributed by atoms with Crippen molar-refractivity contribution in [2.75, 3.05) is 0 Å². The van der Waals surface area contributed by atoms with Gasteiger partial charge in [0.2, 0.25) is 0 Å². The van der Waals surface area contributed by atoms with Gasteiger partial charge in [-0.25, -0.2) is 0 Å². The van der Waals surface area contributed by atoms with Gasteiger partial charge >= 0.3 is 5.97 Å². The van der Waals surface area contributed by atoms with Gasteiger partial charge in [0.15, 0.2) is 0 Å². The Hall–Kier alpha value is -1.22. The summed E-state index contributed by atoms with van der Waals surface area (Å²) in [5.41, 5.74) is 8.29. The van der Waals surface area contributed by atoms with Crippen LogP contribution in [0.5, 0.6) is 0 Å². The van der Waals surface area contributed by atoms with Crippen molar-refractivity contribution in [2.24, 2.45) is 5.11 Å². The number of esters is 1. The van der Waals surface area contributed by atoms with Crippen molar-refractivity contribution < 1.29 is 9.53 Å². The quantitative estimate of drug-likeness (QED) is 0.285. The maximum Gasteiger partial charge on any atom is 0.302 e. The molecule has 1 fully saturated rings. The van der Waals surface area contributed by atoms with Crippen LogP contribution in [0, 0.1) is 0 Å². The molecule has 0 amide bonds. The molecule has 5 heteroatoms. The van der Waals surface area contributed by atoms with Crippen LogP contribution in [0.15, 0.2) is 5.11 Å². The van der Waals surface area contributed by atoms with Crippen LogP contribution in [0.3, 0.4) is 0 Å². The number of ether oxygens (including phenoxy) is 1. The van der Waals surface area contributed by atoms with Crippen molar-refractivity contribution in [1.82, 2.24) is 0 Å². The van der Waals surface area contributed by atoms with Gasteiger partial charge in [0, 0.05) is 11.8 Å². The second kappa shape index (κ2) is 4.72. The van der Waals surface area contributed by atoms with Gasteiger partial charge in [0.25, 0.3) is 0 Å². The summed E-state index contributed by atoms with van der Waals surface area (Å²) in [7, 11) is 0. The average molecular weight is 183 g/mol. The van der Waals surface area contributed by atoms with Gasteiger partial charge in [-0.3, -0.25) is 4.79 Å². The molecule has 1 rings (SSSR count). The van der Waals surface area contributed by atoms with Crippen molar-refractivity contribution in [3.8, 4) is 0 Å². The molecule has 0 aliphatic heterocycles. The smallest absolute Gasteiger partial charge is 0.302 e. The lowest BCUT2D eigenvalue weighted by Gasteiger charge is -2.27. The van der Waals surface area contributed by atoms with Gasteiger partial charge in [-0.1, -0.05) is 11.5 Å². The van der Waals surface area contributed by atoms with Gasteiger partial charge in [0.05, 0.1) is 6.04 Å². The molecular weight excluding hydrogens is 170 g/mol. The number of rotatable bonds is 2. The van der Waals surface area contributed by atoms with Gasteiger partial charge in [-0.2, -0.15) is 0 Å². The van der Waals surface area contributed by atoms with Gasteiger partial charge in [-0.15, -0.1) is 0 Å². The molecule has 0 radical (unpaired) electrons. The first-order chi connectivity index (χ1) is 6.24. The normalized spacial score (nSPS) is 27.5. The molecule has 0 N–H and O–H groups in total. The summed E-state index contributed by atoms with van der Waals surface area (Å²) in [6, 6.07) is -0.164. The first kappa shape index (κ1) is 9.86. The van der Waals surface area contributed by atoms with E-state index in [4.69, 9.17) is 10.3 Å². The standard InChI is InChI=1S/C8H13N3O2/c1-6(12)13-8-5-3-2-4-7(8)10-11-9/h7-8H,2-5H2,1H3/t7-,8-/m0/s1. The zero-order chi connectivity index (χ0) is 9.68. The third-order valence-corrected chi connectivity index (χ3v) is 2.18. The number of carbonyl (C=O) groups is 1. The first-order valence-electron chi connectivity index (χ1n) is 4.45. The van der Waals surface area contributed by atoms with E-state index in [1.165, 1.54) is 6.92 Å². The lowest BCUT2D eigenvalue weighted by Crippen LogP contribution is -2.32. The molecule has 0 aromatic carbocycles. The Bertz CT molecular complexity index is 236. The second-order valence-electron chi connectivity index (χ2n) is 3.20. The van der Waals surface area contributed by atoms with E-state index in [1.807, 2.05) is 0 Å². The summed E-state index contributed by atoms with van der Waals surface area (Å²) in [6.45, 7) is 1.38. The fourth-order valence-corrected chi connectivity index (χ4v) is 1.63.